The lowest BCUT2D eigenvalue weighted by Crippen LogP contribution is -2.39. The van der Waals surface area contributed by atoms with Crippen LogP contribution in [0.3, 0.4) is 0 Å². The van der Waals surface area contributed by atoms with Gasteiger partial charge in [0.25, 0.3) is 5.91 Å². The van der Waals surface area contributed by atoms with Gasteiger partial charge in [-0.3, -0.25) is 4.79 Å². The zero-order chi connectivity index (χ0) is 18.9. The molecule has 0 spiro atoms. The Labute approximate surface area is 154 Å². The first-order valence-corrected chi connectivity index (χ1v) is 8.88. The van der Waals surface area contributed by atoms with Crippen LogP contribution in [0.4, 0.5) is 0 Å². The molecule has 6 nitrogen and oxygen atoms in total. The Balaban J connectivity index is 1.77. The number of benzene rings is 1. The van der Waals surface area contributed by atoms with Crippen LogP contribution in [0.1, 0.15) is 38.2 Å². The summed E-state index contributed by atoms with van der Waals surface area (Å²) in [7, 11) is 3.11. The molecule has 26 heavy (non-hydrogen) atoms. The SMILES string of the molecule is COc1ccc(/C=C/C(=O)OCC(=O)NC2CCC(C)CC2)cc1OC. The van der Waals surface area contributed by atoms with Crippen molar-refractivity contribution >= 4 is 18.0 Å². The molecule has 1 fully saturated rings. The molecule has 0 heterocycles. The Hall–Kier alpha value is -2.50. The molecule has 142 valence electrons. The Morgan fingerprint density at radius 2 is 1.81 bits per heavy atom. The highest BCUT2D eigenvalue weighted by Gasteiger charge is 2.19. The number of ether oxygens (including phenoxy) is 3. The first-order valence-electron chi connectivity index (χ1n) is 8.88. The monoisotopic (exact) mass is 361 g/mol. The van der Waals surface area contributed by atoms with Gasteiger partial charge in [0.1, 0.15) is 0 Å². The van der Waals surface area contributed by atoms with Gasteiger partial charge in [-0.25, -0.2) is 4.79 Å². The molecule has 0 radical (unpaired) electrons. The summed E-state index contributed by atoms with van der Waals surface area (Å²) in [6.07, 6.45) is 7.11. The van der Waals surface area contributed by atoms with Gasteiger partial charge in [-0.2, -0.15) is 0 Å². The van der Waals surface area contributed by atoms with Crippen LogP contribution in [0.25, 0.3) is 6.08 Å². The molecular weight excluding hydrogens is 334 g/mol. The van der Waals surface area contributed by atoms with Gasteiger partial charge in [-0.1, -0.05) is 13.0 Å². The van der Waals surface area contributed by atoms with Crippen molar-refractivity contribution in [3.63, 3.8) is 0 Å². The summed E-state index contributed by atoms with van der Waals surface area (Å²) in [6.45, 7) is 1.96. The first-order chi connectivity index (χ1) is 12.5. The van der Waals surface area contributed by atoms with Crippen LogP contribution in [0, 0.1) is 5.92 Å². The van der Waals surface area contributed by atoms with E-state index >= 15 is 0 Å². The lowest BCUT2D eigenvalue weighted by Gasteiger charge is -2.26. The quantitative estimate of drug-likeness (QED) is 0.597. The summed E-state index contributed by atoms with van der Waals surface area (Å²) in [5.41, 5.74) is 0.764. The highest BCUT2D eigenvalue weighted by atomic mass is 16.5. The van der Waals surface area contributed by atoms with Gasteiger partial charge in [0.05, 0.1) is 14.2 Å². The molecule has 0 unspecified atom stereocenters. The average Bonchev–Trinajstić information content (AvgIpc) is 2.66. The molecule has 2 rings (SSSR count). The lowest BCUT2D eigenvalue weighted by molar-refractivity contribution is -0.144. The molecule has 1 saturated carbocycles. The third-order valence-electron chi connectivity index (χ3n) is 4.55. The predicted octanol–water partition coefficient (Wildman–Crippen LogP) is 2.96. The number of amides is 1. The van der Waals surface area contributed by atoms with E-state index in [2.05, 4.69) is 12.2 Å². The molecule has 1 N–H and O–H groups in total. The van der Waals surface area contributed by atoms with Gasteiger partial charge in [-0.15, -0.1) is 0 Å². The van der Waals surface area contributed by atoms with Crippen molar-refractivity contribution in [2.45, 2.75) is 38.6 Å². The van der Waals surface area contributed by atoms with Crippen molar-refractivity contribution in [1.82, 2.24) is 5.32 Å². The fourth-order valence-electron chi connectivity index (χ4n) is 2.98. The summed E-state index contributed by atoms with van der Waals surface area (Å²) >= 11 is 0. The van der Waals surface area contributed by atoms with Crippen molar-refractivity contribution in [3.05, 3.63) is 29.8 Å². The molecule has 1 aromatic carbocycles. The van der Waals surface area contributed by atoms with Gasteiger partial charge in [-0.05, 0) is 55.4 Å². The molecule has 0 atom stereocenters. The van der Waals surface area contributed by atoms with Crippen LogP contribution in [-0.4, -0.2) is 38.7 Å². The largest absolute Gasteiger partial charge is 0.493 e. The van der Waals surface area contributed by atoms with E-state index in [1.807, 2.05) is 0 Å². The van der Waals surface area contributed by atoms with Crippen molar-refractivity contribution in [2.24, 2.45) is 5.92 Å². The summed E-state index contributed by atoms with van der Waals surface area (Å²) in [5, 5.41) is 2.93. The van der Waals surface area contributed by atoms with E-state index in [-0.39, 0.29) is 18.6 Å². The number of carbonyl (C=O) groups is 2. The fourth-order valence-corrected chi connectivity index (χ4v) is 2.98. The van der Waals surface area contributed by atoms with Gasteiger partial charge in [0.15, 0.2) is 18.1 Å². The number of carbonyl (C=O) groups excluding carboxylic acids is 2. The molecule has 1 aliphatic carbocycles. The maximum atomic E-state index is 11.9. The van der Waals surface area contributed by atoms with Crippen LogP contribution < -0.4 is 14.8 Å². The van der Waals surface area contributed by atoms with Crippen molar-refractivity contribution < 1.29 is 23.8 Å². The highest BCUT2D eigenvalue weighted by Crippen LogP contribution is 2.28. The van der Waals surface area contributed by atoms with Crippen LogP contribution in [0.5, 0.6) is 11.5 Å². The minimum Gasteiger partial charge on any atom is -0.493 e. The van der Waals surface area contributed by atoms with E-state index in [0.717, 1.165) is 37.2 Å². The number of hydrogen-bond donors (Lipinski definition) is 1. The van der Waals surface area contributed by atoms with Crippen LogP contribution in [-0.2, 0) is 14.3 Å². The highest BCUT2D eigenvalue weighted by molar-refractivity contribution is 5.89. The van der Waals surface area contributed by atoms with Crippen molar-refractivity contribution in [3.8, 4) is 11.5 Å². The van der Waals surface area contributed by atoms with E-state index in [0.29, 0.717) is 11.5 Å². The third kappa shape index (κ3) is 6.10. The normalized spacial score (nSPS) is 19.8. The summed E-state index contributed by atoms with van der Waals surface area (Å²) < 4.78 is 15.4. The van der Waals surface area contributed by atoms with Gasteiger partial charge in [0.2, 0.25) is 0 Å². The third-order valence-corrected chi connectivity index (χ3v) is 4.55. The maximum absolute atomic E-state index is 11.9. The second kappa shape index (κ2) is 9.85. The second-order valence-electron chi connectivity index (χ2n) is 6.58. The molecule has 0 bridgehead atoms. The molecule has 6 heteroatoms. The smallest absolute Gasteiger partial charge is 0.331 e. The Bertz CT molecular complexity index is 648. The van der Waals surface area contributed by atoms with Gasteiger partial charge < -0.3 is 19.5 Å². The molecule has 1 aliphatic rings. The average molecular weight is 361 g/mol. The molecule has 0 saturated heterocycles. The van der Waals surface area contributed by atoms with E-state index in [1.165, 1.54) is 6.08 Å². The van der Waals surface area contributed by atoms with Crippen LogP contribution in [0.2, 0.25) is 0 Å². The number of nitrogens with one attached hydrogen (secondary N) is 1. The first kappa shape index (κ1) is 19.8. The number of hydrogen-bond acceptors (Lipinski definition) is 5. The summed E-state index contributed by atoms with van der Waals surface area (Å²) in [6, 6.07) is 5.49. The minimum atomic E-state index is -0.563. The molecule has 1 amide bonds. The molecule has 0 aliphatic heterocycles. The summed E-state index contributed by atoms with van der Waals surface area (Å²) in [5.74, 6) is 1.09. The fraction of sp³-hybridized carbons (Fsp3) is 0.500. The van der Waals surface area contributed by atoms with Crippen LogP contribution >= 0.6 is 0 Å². The zero-order valence-corrected chi connectivity index (χ0v) is 15.6. The second-order valence-corrected chi connectivity index (χ2v) is 6.58. The standard InChI is InChI=1S/C20H27NO5/c1-14-4-8-16(9-5-14)21-19(22)13-26-20(23)11-7-15-6-10-17(24-2)18(12-15)25-3/h6-7,10-12,14,16H,4-5,8-9,13H2,1-3H3,(H,21,22)/b11-7+. The zero-order valence-electron chi connectivity index (χ0n) is 15.6. The van der Waals surface area contributed by atoms with E-state index in [1.54, 1.807) is 38.5 Å². The van der Waals surface area contributed by atoms with Crippen molar-refractivity contribution in [1.29, 1.82) is 0 Å². The predicted molar refractivity (Wildman–Crippen MR) is 99.1 cm³/mol. The van der Waals surface area contributed by atoms with Gasteiger partial charge >= 0.3 is 5.97 Å². The number of esters is 1. The number of rotatable bonds is 7. The topological polar surface area (TPSA) is 73.9 Å². The summed E-state index contributed by atoms with van der Waals surface area (Å²) in [4.78, 5) is 23.7. The Morgan fingerprint density at radius 3 is 2.46 bits per heavy atom. The van der Waals surface area contributed by atoms with E-state index in [9.17, 15) is 9.59 Å². The Kier molecular flexibility index (Phi) is 7.51. The number of methoxy groups -OCH3 is 2. The maximum Gasteiger partial charge on any atom is 0.331 e. The van der Waals surface area contributed by atoms with Crippen LogP contribution in [0.15, 0.2) is 24.3 Å². The lowest BCUT2D eigenvalue weighted by atomic mass is 9.87. The van der Waals surface area contributed by atoms with Crippen molar-refractivity contribution in [2.75, 3.05) is 20.8 Å². The van der Waals surface area contributed by atoms with E-state index in [4.69, 9.17) is 14.2 Å². The molecule has 1 aromatic rings. The minimum absolute atomic E-state index is 0.194. The Morgan fingerprint density at radius 1 is 1.12 bits per heavy atom. The van der Waals surface area contributed by atoms with Gasteiger partial charge in [0, 0.05) is 12.1 Å². The molecule has 0 aromatic heterocycles. The van der Waals surface area contributed by atoms with E-state index < -0.39 is 5.97 Å². The molecular formula is C20H27NO5.